The normalized spacial score (nSPS) is 10.7. The second kappa shape index (κ2) is 5.01. The Kier molecular flexibility index (Phi) is 4.69. The van der Waals surface area contributed by atoms with Gasteiger partial charge < -0.3 is 16.4 Å². The van der Waals surface area contributed by atoms with Gasteiger partial charge in [0.05, 0.1) is 0 Å². The molecule has 0 bridgehead atoms. The number of hydrogen-bond acceptors (Lipinski definition) is 2. The van der Waals surface area contributed by atoms with E-state index in [9.17, 15) is 4.79 Å². The Morgan fingerprint density at radius 3 is 2.46 bits per heavy atom. The smallest absolute Gasteiger partial charge is 0.219 e. The molecular formula is C8H17N3OS. The minimum atomic E-state index is -0.384. The highest BCUT2D eigenvalue weighted by Crippen LogP contribution is 2.06. The van der Waals surface area contributed by atoms with Crippen LogP contribution in [-0.2, 0) is 4.79 Å². The molecule has 0 rings (SSSR count). The van der Waals surface area contributed by atoms with E-state index in [1.165, 1.54) is 0 Å². The van der Waals surface area contributed by atoms with E-state index in [-0.39, 0.29) is 17.9 Å². The summed E-state index contributed by atoms with van der Waals surface area (Å²) in [5.41, 5.74) is 4.70. The Labute approximate surface area is 84.3 Å². The molecule has 0 fully saturated rings. The maximum absolute atomic E-state index is 10.7. The van der Waals surface area contributed by atoms with E-state index in [0.29, 0.717) is 5.11 Å². The molecule has 0 aliphatic carbocycles. The topological polar surface area (TPSA) is 67.2 Å². The van der Waals surface area contributed by atoms with Crippen molar-refractivity contribution >= 4 is 23.2 Å². The van der Waals surface area contributed by atoms with Crippen LogP contribution in [0.4, 0.5) is 0 Å². The molecule has 0 heterocycles. The Morgan fingerprint density at radius 2 is 2.08 bits per heavy atom. The lowest BCUT2D eigenvalue weighted by Gasteiger charge is -2.26. The van der Waals surface area contributed by atoms with Crippen LogP contribution in [0.2, 0.25) is 0 Å². The highest BCUT2D eigenvalue weighted by Gasteiger charge is 2.20. The van der Waals surface area contributed by atoms with E-state index in [4.69, 9.17) is 18.0 Å². The van der Waals surface area contributed by atoms with Crippen LogP contribution in [0.25, 0.3) is 0 Å². The number of primary amides is 1. The van der Waals surface area contributed by atoms with Crippen molar-refractivity contribution < 1.29 is 4.79 Å². The number of nitrogens with two attached hydrogens (primary N) is 1. The van der Waals surface area contributed by atoms with Gasteiger partial charge in [-0.2, -0.15) is 0 Å². The summed E-state index contributed by atoms with van der Waals surface area (Å²) in [5, 5.41) is 6.50. The molecule has 0 atom stereocenters. The Bertz CT molecular complexity index is 204. The standard InChI is InChI=1S/C8H17N3OS/c1-4-10-7(13)11-8(2,3)5-6(9)12/h4-5H2,1-3H3,(H2,9,12)(H2,10,11,13). The quantitative estimate of drug-likeness (QED) is 0.568. The molecule has 0 saturated carbocycles. The molecule has 0 aromatic heterocycles. The first-order valence-corrected chi connectivity index (χ1v) is 4.62. The SMILES string of the molecule is CCNC(=S)NC(C)(C)CC(N)=O. The maximum Gasteiger partial charge on any atom is 0.219 e. The fraction of sp³-hybridized carbons (Fsp3) is 0.750. The minimum Gasteiger partial charge on any atom is -0.370 e. The lowest BCUT2D eigenvalue weighted by molar-refractivity contribution is -0.119. The van der Waals surface area contributed by atoms with Crippen LogP contribution in [0.15, 0.2) is 0 Å². The minimum absolute atomic E-state index is 0.262. The molecule has 1 amide bonds. The first-order chi connectivity index (χ1) is 5.87. The van der Waals surface area contributed by atoms with Gasteiger partial charge in [-0.3, -0.25) is 4.79 Å². The van der Waals surface area contributed by atoms with E-state index in [1.807, 2.05) is 20.8 Å². The number of hydrogen-bond donors (Lipinski definition) is 3. The van der Waals surface area contributed by atoms with Gasteiger partial charge in [0.25, 0.3) is 0 Å². The van der Waals surface area contributed by atoms with Crippen LogP contribution < -0.4 is 16.4 Å². The highest BCUT2D eigenvalue weighted by atomic mass is 32.1. The third kappa shape index (κ3) is 6.33. The van der Waals surface area contributed by atoms with Crippen LogP contribution in [0.5, 0.6) is 0 Å². The van der Waals surface area contributed by atoms with E-state index in [0.717, 1.165) is 6.54 Å². The van der Waals surface area contributed by atoms with Crippen molar-refractivity contribution in [3.63, 3.8) is 0 Å². The van der Waals surface area contributed by atoms with Crippen molar-refractivity contribution in [2.75, 3.05) is 6.54 Å². The summed E-state index contributed by atoms with van der Waals surface area (Å²) in [6.45, 7) is 6.47. The fourth-order valence-electron chi connectivity index (χ4n) is 0.992. The predicted molar refractivity (Wildman–Crippen MR) is 57.3 cm³/mol. The van der Waals surface area contributed by atoms with Gasteiger partial charge in [0.15, 0.2) is 5.11 Å². The molecule has 4 nitrogen and oxygen atoms in total. The molecule has 0 aromatic rings. The monoisotopic (exact) mass is 203 g/mol. The molecule has 0 aromatic carbocycles. The molecule has 0 aliphatic heterocycles. The average Bonchev–Trinajstić information content (AvgIpc) is 1.81. The summed E-state index contributed by atoms with van der Waals surface area (Å²) in [5.74, 6) is -0.336. The van der Waals surface area contributed by atoms with Gasteiger partial charge >= 0.3 is 0 Å². The number of carbonyl (C=O) groups excluding carboxylic acids is 1. The zero-order valence-electron chi connectivity index (χ0n) is 8.31. The van der Waals surface area contributed by atoms with Crippen LogP contribution >= 0.6 is 12.2 Å². The molecule has 0 saturated heterocycles. The first kappa shape index (κ1) is 12.2. The van der Waals surface area contributed by atoms with Crippen LogP contribution in [-0.4, -0.2) is 23.1 Å². The molecule has 5 heteroatoms. The Balaban J connectivity index is 4.00. The fourth-order valence-corrected chi connectivity index (χ4v) is 1.41. The Morgan fingerprint density at radius 1 is 1.54 bits per heavy atom. The number of nitrogens with one attached hydrogen (secondary N) is 2. The summed E-state index contributed by atoms with van der Waals surface area (Å²) >= 11 is 4.98. The van der Waals surface area contributed by atoms with Gasteiger partial charge in [-0.15, -0.1) is 0 Å². The molecule has 76 valence electrons. The lowest BCUT2D eigenvalue weighted by atomic mass is 10.0. The zero-order valence-corrected chi connectivity index (χ0v) is 9.12. The van der Waals surface area contributed by atoms with Gasteiger partial charge in [0, 0.05) is 18.5 Å². The van der Waals surface area contributed by atoms with Gasteiger partial charge in [-0.25, -0.2) is 0 Å². The van der Waals surface area contributed by atoms with E-state index in [1.54, 1.807) is 0 Å². The number of rotatable bonds is 4. The van der Waals surface area contributed by atoms with Crippen molar-refractivity contribution in [1.82, 2.24) is 10.6 Å². The molecule has 0 unspecified atom stereocenters. The molecule has 0 aliphatic rings. The van der Waals surface area contributed by atoms with Crippen molar-refractivity contribution in [3.05, 3.63) is 0 Å². The first-order valence-electron chi connectivity index (χ1n) is 4.21. The van der Waals surface area contributed by atoms with Gasteiger partial charge in [-0.05, 0) is 33.0 Å². The van der Waals surface area contributed by atoms with Crippen LogP contribution in [0.1, 0.15) is 27.2 Å². The van der Waals surface area contributed by atoms with Crippen molar-refractivity contribution in [1.29, 1.82) is 0 Å². The summed E-state index contributed by atoms with van der Waals surface area (Å²) in [4.78, 5) is 10.7. The Hall–Kier alpha value is -0.840. The van der Waals surface area contributed by atoms with Crippen molar-refractivity contribution in [2.45, 2.75) is 32.7 Å². The summed E-state index contributed by atoms with van der Waals surface area (Å²) in [7, 11) is 0. The van der Waals surface area contributed by atoms with Gasteiger partial charge in [0.2, 0.25) is 5.91 Å². The van der Waals surface area contributed by atoms with Crippen molar-refractivity contribution in [2.24, 2.45) is 5.73 Å². The number of amides is 1. The molecule has 4 N–H and O–H groups in total. The highest BCUT2D eigenvalue weighted by molar-refractivity contribution is 7.80. The van der Waals surface area contributed by atoms with Crippen molar-refractivity contribution in [3.8, 4) is 0 Å². The summed E-state index contributed by atoms with van der Waals surface area (Å²) < 4.78 is 0. The molecule has 0 radical (unpaired) electrons. The second-order valence-corrected chi connectivity index (χ2v) is 3.92. The molecule has 13 heavy (non-hydrogen) atoms. The van der Waals surface area contributed by atoms with E-state index >= 15 is 0 Å². The van der Waals surface area contributed by atoms with E-state index < -0.39 is 0 Å². The van der Waals surface area contributed by atoms with Crippen LogP contribution in [0.3, 0.4) is 0 Å². The second-order valence-electron chi connectivity index (χ2n) is 3.51. The predicted octanol–water partition coefficient (Wildman–Crippen LogP) is 0.124. The van der Waals surface area contributed by atoms with E-state index in [2.05, 4.69) is 10.6 Å². The molecule has 0 spiro atoms. The number of thiocarbonyl (C=S) groups is 1. The summed E-state index contributed by atoms with van der Waals surface area (Å²) in [6.07, 6.45) is 0.262. The average molecular weight is 203 g/mol. The van der Waals surface area contributed by atoms with Gasteiger partial charge in [-0.1, -0.05) is 0 Å². The maximum atomic E-state index is 10.7. The number of carbonyl (C=O) groups is 1. The molecular weight excluding hydrogens is 186 g/mol. The third-order valence-electron chi connectivity index (χ3n) is 1.41. The summed E-state index contributed by atoms with van der Waals surface area (Å²) in [6, 6.07) is 0. The third-order valence-corrected chi connectivity index (χ3v) is 1.65. The van der Waals surface area contributed by atoms with Crippen LogP contribution in [0, 0.1) is 0 Å². The lowest BCUT2D eigenvalue weighted by Crippen LogP contribution is -2.49. The zero-order chi connectivity index (χ0) is 10.5. The largest absolute Gasteiger partial charge is 0.370 e. The van der Waals surface area contributed by atoms with Gasteiger partial charge in [0.1, 0.15) is 0 Å².